The lowest BCUT2D eigenvalue weighted by molar-refractivity contribution is -0.384. The summed E-state index contributed by atoms with van der Waals surface area (Å²) < 4.78 is 5.90. The summed E-state index contributed by atoms with van der Waals surface area (Å²) in [7, 11) is 0. The van der Waals surface area contributed by atoms with Gasteiger partial charge in [0.05, 0.1) is 4.92 Å². The maximum absolute atomic E-state index is 13.6. The van der Waals surface area contributed by atoms with Gasteiger partial charge < -0.3 is 14.5 Å². The summed E-state index contributed by atoms with van der Waals surface area (Å²) in [5, 5.41) is 11.3. The molecule has 0 bridgehead atoms. The Hall–Kier alpha value is -3.71. The van der Waals surface area contributed by atoms with Crippen molar-refractivity contribution in [2.45, 2.75) is 52.8 Å². The van der Waals surface area contributed by atoms with Crippen LogP contribution in [-0.4, -0.2) is 46.3 Å². The highest BCUT2D eigenvalue weighted by Gasteiger charge is 2.23. The molecule has 3 rings (SSSR count). The topological polar surface area (TPSA) is 75.9 Å². The van der Waals surface area contributed by atoms with Crippen LogP contribution in [0.25, 0.3) is 0 Å². The normalized spacial score (nSPS) is 11.8. The zero-order valence-electron chi connectivity index (χ0n) is 22.0. The van der Waals surface area contributed by atoms with Crippen molar-refractivity contribution in [3.8, 4) is 5.75 Å². The van der Waals surface area contributed by atoms with Crippen molar-refractivity contribution in [1.29, 1.82) is 0 Å². The molecule has 1 atom stereocenters. The monoisotopic (exact) mass is 503 g/mol. The highest BCUT2D eigenvalue weighted by atomic mass is 16.6. The third kappa shape index (κ3) is 8.43. The Morgan fingerprint density at radius 2 is 1.65 bits per heavy atom. The number of nitro benzene ring substituents is 1. The summed E-state index contributed by atoms with van der Waals surface area (Å²) in [5.74, 6) is 0.555. The summed E-state index contributed by atoms with van der Waals surface area (Å²) in [6, 6.07) is 23.7. The summed E-state index contributed by atoms with van der Waals surface area (Å²) >= 11 is 0. The van der Waals surface area contributed by atoms with E-state index in [4.69, 9.17) is 4.74 Å². The molecule has 196 valence electrons. The number of hydrogen-bond acceptors (Lipinski definition) is 5. The van der Waals surface area contributed by atoms with E-state index in [1.807, 2.05) is 59.5 Å². The van der Waals surface area contributed by atoms with Gasteiger partial charge >= 0.3 is 0 Å². The van der Waals surface area contributed by atoms with Gasteiger partial charge in [-0.05, 0) is 68.7 Å². The Bertz CT molecular complexity index is 1130. The Morgan fingerprint density at radius 3 is 2.30 bits per heavy atom. The van der Waals surface area contributed by atoms with Crippen molar-refractivity contribution >= 4 is 11.6 Å². The fourth-order valence-electron chi connectivity index (χ4n) is 4.28. The lowest BCUT2D eigenvalue weighted by Gasteiger charge is -2.30. The van der Waals surface area contributed by atoms with Gasteiger partial charge in [-0.2, -0.15) is 0 Å². The van der Waals surface area contributed by atoms with E-state index >= 15 is 0 Å². The van der Waals surface area contributed by atoms with Gasteiger partial charge in [0, 0.05) is 30.3 Å². The molecule has 7 heteroatoms. The maximum atomic E-state index is 13.6. The second-order valence-electron chi connectivity index (χ2n) is 9.18. The SMILES string of the molecule is CCN(CC)CCCC(C)N(Cc1ccc(OCc2ccccc2)cc1)C(=O)c1cccc([N+](=O)[O-])c1. The molecule has 1 amide bonds. The fraction of sp³-hybridized carbons (Fsp3) is 0.367. The smallest absolute Gasteiger partial charge is 0.270 e. The molecule has 0 saturated heterocycles. The quantitative estimate of drug-likeness (QED) is 0.190. The number of carbonyl (C=O) groups is 1. The molecule has 0 saturated carbocycles. The molecule has 0 aromatic heterocycles. The van der Waals surface area contributed by atoms with Gasteiger partial charge in [0.15, 0.2) is 0 Å². The number of hydrogen-bond donors (Lipinski definition) is 0. The van der Waals surface area contributed by atoms with Gasteiger partial charge in [-0.15, -0.1) is 0 Å². The van der Waals surface area contributed by atoms with Crippen LogP contribution in [0, 0.1) is 10.1 Å². The highest BCUT2D eigenvalue weighted by molar-refractivity contribution is 5.95. The lowest BCUT2D eigenvalue weighted by Crippen LogP contribution is -2.38. The van der Waals surface area contributed by atoms with Crippen LogP contribution in [0.15, 0.2) is 78.9 Å². The minimum atomic E-state index is -0.469. The van der Waals surface area contributed by atoms with Gasteiger partial charge in [0.2, 0.25) is 0 Å². The Kier molecular flexibility index (Phi) is 10.6. The second-order valence-corrected chi connectivity index (χ2v) is 9.18. The van der Waals surface area contributed by atoms with Crippen LogP contribution in [0.4, 0.5) is 5.69 Å². The molecule has 37 heavy (non-hydrogen) atoms. The molecule has 0 fully saturated rings. The largest absolute Gasteiger partial charge is 0.489 e. The minimum absolute atomic E-state index is 0.0312. The van der Waals surface area contributed by atoms with Crippen LogP contribution in [0.2, 0.25) is 0 Å². The van der Waals surface area contributed by atoms with Gasteiger partial charge in [-0.3, -0.25) is 14.9 Å². The van der Waals surface area contributed by atoms with Crippen molar-refractivity contribution < 1.29 is 14.5 Å². The maximum Gasteiger partial charge on any atom is 0.270 e. The van der Waals surface area contributed by atoms with Crippen LogP contribution in [-0.2, 0) is 13.2 Å². The van der Waals surface area contributed by atoms with Crippen LogP contribution in [0.5, 0.6) is 5.75 Å². The number of nitro groups is 1. The molecule has 3 aromatic rings. The molecule has 1 unspecified atom stereocenters. The molecule has 0 N–H and O–H groups in total. The minimum Gasteiger partial charge on any atom is -0.489 e. The van der Waals surface area contributed by atoms with Crippen LogP contribution >= 0.6 is 0 Å². The number of ether oxygens (including phenoxy) is 1. The Labute approximate surface area is 219 Å². The summed E-state index contributed by atoms with van der Waals surface area (Å²) in [5.41, 5.74) is 2.31. The average molecular weight is 504 g/mol. The number of non-ortho nitro benzene ring substituents is 1. The van der Waals surface area contributed by atoms with Gasteiger partial charge in [-0.1, -0.05) is 62.4 Å². The molecular weight excluding hydrogens is 466 g/mol. The molecule has 0 aliphatic rings. The molecule has 0 heterocycles. The molecule has 0 radical (unpaired) electrons. The van der Waals surface area contributed by atoms with Crippen LogP contribution in [0.1, 0.15) is 55.1 Å². The predicted molar refractivity (Wildman–Crippen MR) is 147 cm³/mol. The van der Waals surface area contributed by atoms with Crippen molar-refractivity contribution in [3.05, 3.63) is 106 Å². The average Bonchev–Trinajstić information content (AvgIpc) is 2.93. The van der Waals surface area contributed by atoms with E-state index in [9.17, 15) is 14.9 Å². The molecule has 0 spiro atoms. The first kappa shape index (κ1) is 27.9. The van der Waals surface area contributed by atoms with Gasteiger partial charge in [0.1, 0.15) is 12.4 Å². The molecule has 3 aromatic carbocycles. The second kappa shape index (κ2) is 14.1. The summed E-state index contributed by atoms with van der Waals surface area (Å²) in [6.45, 7) is 10.2. The first-order valence-corrected chi connectivity index (χ1v) is 12.9. The third-order valence-electron chi connectivity index (χ3n) is 6.61. The van der Waals surface area contributed by atoms with E-state index in [0.717, 1.165) is 49.4 Å². The fourth-order valence-corrected chi connectivity index (χ4v) is 4.28. The number of carbonyl (C=O) groups excluding carboxylic acids is 1. The van der Waals surface area contributed by atoms with Crippen molar-refractivity contribution in [2.75, 3.05) is 19.6 Å². The van der Waals surface area contributed by atoms with Crippen molar-refractivity contribution in [2.24, 2.45) is 0 Å². The first-order valence-electron chi connectivity index (χ1n) is 12.9. The van der Waals surface area contributed by atoms with Crippen LogP contribution < -0.4 is 4.74 Å². The molecule has 7 nitrogen and oxygen atoms in total. The zero-order valence-corrected chi connectivity index (χ0v) is 22.0. The number of rotatable bonds is 14. The summed E-state index contributed by atoms with van der Waals surface area (Å²) in [4.78, 5) is 28.6. The number of benzene rings is 3. The van der Waals surface area contributed by atoms with Crippen LogP contribution in [0.3, 0.4) is 0 Å². The van der Waals surface area contributed by atoms with E-state index in [0.29, 0.717) is 18.7 Å². The lowest BCUT2D eigenvalue weighted by atomic mass is 10.1. The Morgan fingerprint density at radius 1 is 0.946 bits per heavy atom. The zero-order chi connectivity index (χ0) is 26.6. The van der Waals surface area contributed by atoms with E-state index in [1.165, 1.54) is 12.1 Å². The molecule has 0 aliphatic heterocycles. The van der Waals surface area contributed by atoms with Crippen molar-refractivity contribution in [3.63, 3.8) is 0 Å². The van der Waals surface area contributed by atoms with Gasteiger partial charge in [-0.25, -0.2) is 0 Å². The van der Waals surface area contributed by atoms with Crippen molar-refractivity contribution in [1.82, 2.24) is 9.80 Å². The van der Waals surface area contributed by atoms with E-state index in [-0.39, 0.29) is 17.6 Å². The van der Waals surface area contributed by atoms with E-state index in [2.05, 4.69) is 25.7 Å². The number of nitrogens with zero attached hydrogens (tertiary/aromatic N) is 3. The molecule has 0 aliphatic carbocycles. The Balaban J connectivity index is 1.73. The standard InChI is InChI=1S/C30H37N3O4/c1-4-31(5-2)20-10-11-24(3)32(30(34)27-14-9-15-28(21-27)33(35)36)22-25-16-18-29(19-17-25)37-23-26-12-7-6-8-13-26/h6-9,12-19,21,24H,4-5,10-11,20,22-23H2,1-3H3. The molecular formula is C30H37N3O4. The first-order chi connectivity index (χ1) is 17.9. The predicted octanol–water partition coefficient (Wildman–Crippen LogP) is 6.33. The third-order valence-corrected chi connectivity index (χ3v) is 6.61. The summed E-state index contributed by atoms with van der Waals surface area (Å²) in [6.07, 6.45) is 1.81. The van der Waals surface area contributed by atoms with E-state index < -0.39 is 4.92 Å². The number of amides is 1. The highest BCUT2D eigenvalue weighted by Crippen LogP contribution is 2.21. The van der Waals surface area contributed by atoms with Gasteiger partial charge in [0.25, 0.3) is 11.6 Å². The van der Waals surface area contributed by atoms with E-state index in [1.54, 1.807) is 12.1 Å².